The van der Waals surface area contributed by atoms with E-state index in [9.17, 15) is 0 Å². The van der Waals surface area contributed by atoms with Crippen molar-refractivity contribution in [3.63, 3.8) is 0 Å². The molecule has 0 amide bonds. The molecule has 1 aromatic rings. The number of ether oxygens (including phenoxy) is 1. The Bertz CT molecular complexity index is 499. The topological polar surface area (TPSA) is 9.23 Å². The normalized spacial score (nSPS) is 24.9. The van der Waals surface area contributed by atoms with Crippen molar-refractivity contribution < 1.29 is 6.11 Å². The molecule has 1 fully saturated rings. The Morgan fingerprint density at radius 1 is 1.26 bits per heavy atom. The predicted octanol–water partition coefficient (Wildman–Crippen LogP) is 4.66. The molecule has 1 aliphatic carbocycles. The van der Waals surface area contributed by atoms with Gasteiger partial charge in [-0.25, -0.2) is 0 Å². The Hall–Kier alpha value is -0.863. The molecule has 0 heterocycles. The van der Waals surface area contributed by atoms with Crippen LogP contribution in [0.2, 0.25) is 19.6 Å². The highest BCUT2D eigenvalue weighted by Gasteiger charge is 2.52. The summed E-state index contributed by atoms with van der Waals surface area (Å²) in [5.41, 5.74) is 3.64. The van der Waals surface area contributed by atoms with Crippen molar-refractivity contribution in [1.82, 2.24) is 0 Å². The van der Waals surface area contributed by atoms with Gasteiger partial charge >= 0.3 is 0 Å². The van der Waals surface area contributed by atoms with E-state index in [1.807, 2.05) is 18.2 Å². The number of hydrogen-bond acceptors (Lipinski definition) is 1. The predicted molar refractivity (Wildman–Crippen MR) is 84.8 cm³/mol. The van der Waals surface area contributed by atoms with E-state index in [-0.39, 0.29) is 5.41 Å². The van der Waals surface area contributed by atoms with Gasteiger partial charge in [-0.3, -0.25) is 0 Å². The lowest BCUT2D eigenvalue weighted by Gasteiger charge is -2.08. The summed E-state index contributed by atoms with van der Waals surface area (Å²) in [5.74, 6) is 0.436. The molecule has 0 N–H and O–H groups in total. The molecule has 0 aliphatic heterocycles. The highest BCUT2D eigenvalue weighted by Crippen LogP contribution is 2.58. The van der Waals surface area contributed by atoms with Crippen LogP contribution in [0, 0.1) is 11.3 Å². The van der Waals surface area contributed by atoms with Gasteiger partial charge in [-0.05, 0) is 11.0 Å². The van der Waals surface area contributed by atoms with Crippen LogP contribution < -0.4 is 0 Å². The Morgan fingerprint density at radius 3 is 2.47 bits per heavy atom. The van der Waals surface area contributed by atoms with Gasteiger partial charge in [0, 0.05) is 5.92 Å². The van der Waals surface area contributed by atoms with Crippen LogP contribution in [-0.2, 0) is 11.3 Å². The molecule has 1 aliphatic rings. The molecule has 0 saturated heterocycles. The van der Waals surface area contributed by atoms with E-state index >= 15 is 0 Å². The second-order valence-corrected chi connectivity index (χ2v) is 11.8. The third kappa shape index (κ3) is 3.80. The Balaban J connectivity index is 1.95. The summed E-state index contributed by atoms with van der Waals surface area (Å²) in [6, 6.07) is 10.3. The third-order valence-electron chi connectivity index (χ3n) is 3.74. The smallest absolute Gasteiger partial charge is 0.0717 e. The Kier molecular flexibility index (Phi) is 3.63. The van der Waals surface area contributed by atoms with E-state index in [0.29, 0.717) is 12.5 Å². The highest BCUT2D eigenvalue weighted by atomic mass is 28.3. The number of hydrogen-bond donors (Lipinski definition) is 0. The van der Waals surface area contributed by atoms with Crippen molar-refractivity contribution in [1.29, 1.82) is 0 Å². The first-order valence-electron chi connectivity index (χ1n) is 7.58. The fourth-order valence-corrected chi connectivity index (χ4v) is 3.76. The number of rotatable bonds is 5. The van der Waals surface area contributed by atoms with Crippen LogP contribution in [0.1, 0.15) is 20.8 Å². The summed E-state index contributed by atoms with van der Waals surface area (Å²) in [4.78, 5) is 0. The summed E-state index contributed by atoms with van der Waals surface area (Å²) in [6.45, 7) is 12.6. The van der Waals surface area contributed by atoms with Gasteiger partial charge in [0.05, 0.1) is 22.7 Å². The van der Waals surface area contributed by atoms with Gasteiger partial charge in [-0.2, -0.15) is 0 Å². The average molecular weight is 275 g/mol. The van der Waals surface area contributed by atoms with E-state index in [0.717, 1.165) is 12.3 Å². The maximum absolute atomic E-state index is 8.41. The summed E-state index contributed by atoms with van der Waals surface area (Å²) >= 11 is 0. The van der Waals surface area contributed by atoms with Gasteiger partial charge in [-0.15, -0.1) is 0 Å². The van der Waals surface area contributed by atoms with Crippen LogP contribution in [0.15, 0.2) is 41.6 Å². The van der Waals surface area contributed by atoms with Crippen molar-refractivity contribution in [3.05, 3.63) is 47.1 Å². The van der Waals surface area contributed by atoms with E-state index in [2.05, 4.69) is 45.6 Å². The van der Waals surface area contributed by atoms with Crippen LogP contribution in [0.3, 0.4) is 0 Å². The molecule has 104 valence electrons. The lowest BCUT2D eigenvalue weighted by atomic mass is 10.1. The molecule has 0 spiro atoms. The van der Waals surface area contributed by atoms with Gasteiger partial charge < -0.3 is 4.74 Å². The second kappa shape index (κ2) is 5.26. The first-order chi connectivity index (χ1) is 9.24. The zero-order valence-corrected chi connectivity index (χ0v) is 13.8. The molecule has 1 saturated carbocycles. The minimum absolute atomic E-state index is 0.161. The summed E-state index contributed by atoms with van der Waals surface area (Å²) in [5, 5.41) is 0. The Morgan fingerprint density at radius 2 is 1.89 bits per heavy atom. The number of benzene rings is 1. The van der Waals surface area contributed by atoms with E-state index in [4.69, 9.17) is 6.11 Å². The molecule has 19 heavy (non-hydrogen) atoms. The molecular weight excluding hydrogens is 248 g/mol. The summed E-state index contributed by atoms with van der Waals surface area (Å²) < 4.78 is 14.3. The third-order valence-corrected chi connectivity index (χ3v) is 4.76. The summed E-state index contributed by atoms with van der Waals surface area (Å²) in [6.07, 6.45) is 0. The zero-order valence-electron chi connectivity index (χ0n) is 13.8. The molecule has 2 rings (SSSR count). The van der Waals surface area contributed by atoms with Gasteiger partial charge in [-0.1, -0.05) is 75.1 Å². The molecule has 0 aromatic heterocycles. The zero-order chi connectivity index (χ0) is 15.0. The lowest BCUT2D eigenvalue weighted by molar-refractivity contribution is 0.105. The first kappa shape index (κ1) is 13.1. The van der Waals surface area contributed by atoms with E-state index < -0.39 is 8.07 Å². The minimum Gasteiger partial charge on any atom is -0.376 e. The minimum atomic E-state index is -1.50. The van der Waals surface area contributed by atoms with Crippen LogP contribution in [0.4, 0.5) is 0 Å². The monoisotopic (exact) mass is 275 g/mol. The van der Waals surface area contributed by atoms with Crippen LogP contribution >= 0.6 is 0 Å². The van der Waals surface area contributed by atoms with Crippen LogP contribution in [0.5, 0.6) is 0 Å². The van der Waals surface area contributed by atoms with Crippen molar-refractivity contribution in [2.24, 2.45) is 11.3 Å². The van der Waals surface area contributed by atoms with Crippen LogP contribution in [0.25, 0.3) is 0 Å². The molecule has 1 unspecified atom stereocenters. The van der Waals surface area contributed by atoms with Gasteiger partial charge in [0.25, 0.3) is 0 Å². The molecule has 1 aromatic carbocycles. The van der Waals surface area contributed by atoms with Crippen molar-refractivity contribution in [2.45, 2.75) is 40.1 Å². The maximum Gasteiger partial charge on any atom is 0.0717 e. The van der Waals surface area contributed by atoms with E-state index in [1.54, 1.807) is 0 Å². The Labute approximate surface area is 120 Å². The first-order valence-corrected chi connectivity index (χ1v) is 10.6. The van der Waals surface area contributed by atoms with Crippen molar-refractivity contribution in [3.8, 4) is 0 Å². The standard InChI is InChI=1S/C17H26OSi/c1-17(2)15(16(17)13-19(3,4)5)12-18-11-14-9-7-6-8-10-14/h6-10,13,15H,11-12H2,1-5H3/b16-13-/i13D. The van der Waals surface area contributed by atoms with Gasteiger partial charge in [0.15, 0.2) is 0 Å². The second-order valence-electron chi connectivity index (χ2n) is 7.06. The largest absolute Gasteiger partial charge is 0.376 e. The molecule has 2 heteroatoms. The summed E-state index contributed by atoms with van der Waals surface area (Å²) in [7, 11) is -1.50. The molecule has 0 bridgehead atoms. The molecular formula is C17H26OSi. The quantitative estimate of drug-likeness (QED) is 0.710. The van der Waals surface area contributed by atoms with Crippen LogP contribution in [-0.4, -0.2) is 14.7 Å². The SMILES string of the molecule is [2H]/C(=C1\C(COCc2ccccc2)C1(C)C)[Si](C)(C)C. The lowest BCUT2D eigenvalue weighted by Crippen LogP contribution is -2.15. The highest BCUT2D eigenvalue weighted by molar-refractivity contribution is 6.81. The van der Waals surface area contributed by atoms with Crippen molar-refractivity contribution >= 4 is 8.07 Å². The molecule has 0 radical (unpaired) electrons. The fourth-order valence-electron chi connectivity index (χ4n) is 2.45. The fraction of sp³-hybridized carbons (Fsp3) is 0.529. The van der Waals surface area contributed by atoms with Gasteiger partial charge in [0.2, 0.25) is 0 Å². The van der Waals surface area contributed by atoms with Crippen molar-refractivity contribution in [2.75, 3.05) is 6.61 Å². The van der Waals surface area contributed by atoms with Gasteiger partial charge in [0.1, 0.15) is 0 Å². The maximum atomic E-state index is 8.41. The van der Waals surface area contributed by atoms with E-state index in [1.165, 1.54) is 11.1 Å². The average Bonchev–Trinajstić information content (AvgIpc) is 2.90. The molecule has 1 atom stereocenters. The molecule has 1 nitrogen and oxygen atoms in total.